The molecule has 3 aromatic rings. The summed E-state index contributed by atoms with van der Waals surface area (Å²) in [5.74, 6) is -0.162. The Morgan fingerprint density at radius 2 is 1.78 bits per heavy atom. The Labute approximate surface area is 166 Å². The summed E-state index contributed by atoms with van der Waals surface area (Å²) in [6.07, 6.45) is 0. The second-order valence-electron chi connectivity index (χ2n) is 6.36. The van der Waals surface area contributed by atoms with Crippen LogP contribution in [0.25, 0.3) is 5.69 Å². The van der Waals surface area contributed by atoms with Crippen LogP contribution in [-0.2, 0) is 0 Å². The van der Waals surface area contributed by atoms with Crippen molar-refractivity contribution >= 4 is 21.8 Å². The van der Waals surface area contributed by atoms with E-state index in [4.69, 9.17) is 5.26 Å². The fourth-order valence-corrected chi connectivity index (χ4v) is 3.27. The van der Waals surface area contributed by atoms with Crippen LogP contribution >= 0.6 is 15.9 Å². The van der Waals surface area contributed by atoms with Crippen molar-refractivity contribution in [3.8, 4) is 11.8 Å². The Bertz CT molecular complexity index is 1010. The molecule has 1 aromatic heterocycles. The van der Waals surface area contributed by atoms with E-state index in [2.05, 4.69) is 32.4 Å². The van der Waals surface area contributed by atoms with E-state index < -0.39 is 0 Å². The summed E-state index contributed by atoms with van der Waals surface area (Å²) in [6, 6.07) is 16.9. The molecule has 1 amide bonds. The van der Waals surface area contributed by atoms with Gasteiger partial charge in [-0.2, -0.15) is 10.4 Å². The van der Waals surface area contributed by atoms with Gasteiger partial charge in [-0.25, -0.2) is 4.68 Å². The predicted molar refractivity (Wildman–Crippen MR) is 108 cm³/mol. The fraction of sp³-hybridized carbons (Fsp3) is 0.190. The van der Waals surface area contributed by atoms with Gasteiger partial charge in [0.2, 0.25) is 0 Å². The monoisotopic (exact) mass is 422 g/mol. The van der Waals surface area contributed by atoms with Crippen LogP contribution in [-0.4, -0.2) is 15.7 Å². The van der Waals surface area contributed by atoms with Gasteiger partial charge >= 0.3 is 0 Å². The molecule has 5 nitrogen and oxygen atoms in total. The lowest BCUT2D eigenvalue weighted by Crippen LogP contribution is -2.27. The molecule has 6 heteroatoms. The number of hydrogen-bond donors (Lipinski definition) is 1. The molecule has 0 aliphatic carbocycles. The molecular weight excluding hydrogens is 404 g/mol. The van der Waals surface area contributed by atoms with E-state index in [0.717, 1.165) is 21.4 Å². The number of halogens is 1. The van der Waals surface area contributed by atoms with Gasteiger partial charge in [-0.15, -0.1) is 0 Å². The molecule has 0 radical (unpaired) electrons. The van der Waals surface area contributed by atoms with Crippen molar-refractivity contribution in [2.75, 3.05) is 0 Å². The smallest absolute Gasteiger partial charge is 0.255 e. The first-order chi connectivity index (χ1) is 12.9. The number of hydrogen-bond acceptors (Lipinski definition) is 3. The van der Waals surface area contributed by atoms with Gasteiger partial charge in [0.1, 0.15) is 0 Å². The minimum absolute atomic E-state index is 0.162. The molecule has 0 saturated carbocycles. The molecule has 1 unspecified atom stereocenters. The van der Waals surface area contributed by atoms with Crippen molar-refractivity contribution in [3.63, 3.8) is 0 Å². The van der Waals surface area contributed by atoms with Crippen LogP contribution in [0.3, 0.4) is 0 Å². The third kappa shape index (κ3) is 3.93. The van der Waals surface area contributed by atoms with Crippen LogP contribution in [0.5, 0.6) is 0 Å². The second kappa shape index (κ2) is 7.77. The first-order valence-electron chi connectivity index (χ1n) is 8.53. The Hall–Kier alpha value is -2.91. The lowest BCUT2D eigenvalue weighted by atomic mass is 10.1. The standard InChI is InChI=1S/C21H19BrN4O/c1-13(17-6-4-16(12-23)5-7-17)24-21(27)20-14(2)25-26(15(20)3)19-10-8-18(22)9-11-19/h4-11,13H,1-3H3,(H,24,27). The van der Waals surface area contributed by atoms with Gasteiger partial charge in [0, 0.05) is 4.47 Å². The van der Waals surface area contributed by atoms with Gasteiger partial charge in [0.25, 0.3) is 5.91 Å². The summed E-state index contributed by atoms with van der Waals surface area (Å²) in [7, 11) is 0. The maximum absolute atomic E-state index is 12.9. The number of aryl methyl sites for hydroxylation is 1. The molecule has 1 heterocycles. The van der Waals surface area contributed by atoms with Gasteiger partial charge in [-0.3, -0.25) is 4.79 Å². The predicted octanol–water partition coefficient (Wildman–Crippen LogP) is 4.61. The first kappa shape index (κ1) is 18.9. The van der Waals surface area contributed by atoms with Crippen molar-refractivity contribution in [1.29, 1.82) is 5.26 Å². The first-order valence-corrected chi connectivity index (χ1v) is 9.33. The van der Waals surface area contributed by atoms with Crippen molar-refractivity contribution in [2.45, 2.75) is 26.8 Å². The summed E-state index contributed by atoms with van der Waals surface area (Å²) < 4.78 is 2.77. The zero-order valence-corrected chi connectivity index (χ0v) is 16.9. The molecule has 2 aromatic carbocycles. The molecule has 0 fully saturated rings. The number of nitrogens with zero attached hydrogens (tertiary/aromatic N) is 3. The molecule has 0 aliphatic rings. The van der Waals surface area contributed by atoms with E-state index >= 15 is 0 Å². The molecule has 136 valence electrons. The highest BCUT2D eigenvalue weighted by Gasteiger charge is 2.21. The summed E-state index contributed by atoms with van der Waals surface area (Å²) in [6.45, 7) is 5.65. The summed E-state index contributed by atoms with van der Waals surface area (Å²) in [4.78, 5) is 12.9. The largest absolute Gasteiger partial charge is 0.345 e. The molecule has 0 saturated heterocycles. The summed E-state index contributed by atoms with van der Waals surface area (Å²) in [5, 5.41) is 16.5. The second-order valence-corrected chi connectivity index (χ2v) is 7.28. The lowest BCUT2D eigenvalue weighted by molar-refractivity contribution is 0.0938. The van der Waals surface area contributed by atoms with E-state index in [1.165, 1.54) is 0 Å². The van der Waals surface area contributed by atoms with Crippen LogP contribution in [0.4, 0.5) is 0 Å². The quantitative estimate of drug-likeness (QED) is 0.666. The minimum atomic E-state index is -0.180. The highest BCUT2D eigenvalue weighted by atomic mass is 79.9. The number of carbonyl (C=O) groups is 1. The van der Waals surface area contributed by atoms with E-state index in [0.29, 0.717) is 16.8 Å². The van der Waals surface area contributed by atoms with E-state index in [1.807, 2.05) is 57.2 Å². The van der Waals surface area contributed by atoms with Crippen LogP contribution in [0, 0.1) is 25.2 Å². The number of amides is 1. The lowest BCUT2D eigenvalue weighted by Gasteiger charge is -2.14. The van der Waals surface area contributed by atoms with E-state index in [9.17, 15) is 4.79 Å². The van der Waals surface area contributed by atoms with Gasteiger partial charge in [0.05, 0.1) is 40.3 Å². The summed E-state index contributed by atoms with van der Waals surface area (Å²) in [5.41, 5.74) is 4.49. The molecule has 27 heavy (non-hydrogen) atoms. The zero-order chi connectivity index (χ0) is 19.6. The topological polar surface area (TPSA) is 70.7 Å². The molecule has 0 aliphatic heterocycles. The van der Waals surface area contributed by atoms with Crippen molar-refractivity contribution in [3.05, 3.63) is 81.1 Å². The van der Waals surface area contributed by atoms with Crippen molar-refractivity contribution < 1.29 is 4.79 Å². The number of nitriles is 1. The number of carbonyl (C=O) groups excluding carboxylic acids is 1. The number of aromatic nitrogens is 2. The minimum Gasteiger partial charge on any atom is -0.345 e. The maximum Gasteiger partial charge on any atom is 0.255 e. The van der Waals surface area contributed by atoms with Crippen LogP contribution in [0.1, 0.15) is 45.8 Å². The Morgan fingerprint density at radius 3 is 2.37 bits per heavy atom. The Kier molecular flexibility index (Phi) is 5.43. The van der Waals surface area contributed by atoms with Crippen LogP contribution in [0.15, 0.2) is 53.0 Å². The molecule has 0 spiro atoms. The van der Waals surface area contributed by atoms with Crippen LogP contribution < -0.4 is 5.32 Å². The van der Waals surface area contributed by atoms with Gasteiger partial charge < -0.3 is 5.32 Å². The highest BCUT2D eigenvalue weighted by molar-refractivity contribution is 9.10. The van der Waals surface area contributed by atoms with E-state index in [1.54, 1.807) is 16.8 Å². The molecule has 0 bridgehead atoms. The Balaban J connectivity index is 1.84. The van der Waals surface area contributed by atoms with Gasteiger partial charge in [-0.1, -0.05) is 28.1 Å². The number of benzene rings is 2. The highest BCUT2D eigenvalue weighted by Crippen LogP contribution is 2.21. The fourth-order valence-electron chi connectivity index (χ4n) is 3.00. The molecule has 3 rings (SSSR count). The SMILES string of the molecule is Cc1nn(-c2ccc(Br)cc2)c(C)c1C(=O)NC(C)c1ccc(C#N)cc1. The van der Waals surface area contributed by atoms with Gasteiger partial charge in [-0.05, 0) is 62.7 Å². The number of nitrogens with one attached hydrogen (secondary N) is 1. The average Bonchev–Trinajstić information content (AvgIpc) is 2.96. The maximum atomic E-state index is 12.9. The number of rotatable bonds is 4. The zero-order valence-electron chi connectivity index (χ0n) is 15.3. The van der Waals surface area contributed by atoms with E-state index in [-0.39, 0.29) is 11.9 Å². The average molecular weight is 423 g/mol. The molecule has 1 N–H and O–H groups in total. The molecular formula is C21H19BrN4O. The third-order valence-corrected chi connectivity index (χ3v) is 5.01. The normalized spacial score (nSPS) is 11.7. The van der Waals surface area contributed by atoms with Crippen molar-refractivity contribution in [1.82, 2.24) is 15.1 Å². The third-order valence-electron chi connectivity index (χ3n) is 4.48. The van der Waals surface area contributed by atoms with Gasteiger partial charge in [0.15, 0.2) is 0 Å². The Morgan fingerprint density at radius 1 is 1.15 bits per heavy atom. The molecule has 1 atom stereocenters. The van der Waals surface area contributed by atoms with Crippen molar-refractivity contribution in [2.24, 2.45) is 0 Å². The summed E-state index contributed by atoms with van der Waals surface area (Å²) >= 11 is 3.43. The van der Waals surface area contributed by atoms with Crippen LogP contribution in [0.2, 0.25) is 0 Å².